The van der Waals surface area contributed by atoms with Crippen LogP contribution in [-0.2, 0) is 6.42 Å². The summed E-state index contributed by atoms with van der Waals surface area (Å²) >= 11 is 0. The standard InChI is InChI=1S/C16H22N4O/c1-5-7-14-18-15(17-2)11-16(19-14)21-13-9-6-8-12(10-13)20(3)4/h6,8-11H,5,7H2,1-4H3,(H,17,18,19). The summed E-state index contributed by atoms with van der Waals surface area (Å²) in [5, 5.41) is 3.04. The number of hydrogen-bond acceptors (Lipinski definition) is 5. The molecule has 0 saturated carbocycles. The van der Waals surface area contributed by atoms with Gasteiger partial charge >= 0.3 is 0 Å². The number of rotatable bonds is 6. The van der Waals surface area contributed by atoms with Crippen LogP contribution in [0.4, 0.5) is 11.5 Å². The van der Waals surface area contributed by atoms with Crippen LogP contribution in [0, 0.1) is 0 Å². The number of ether oxygens (including phenoxy) is 1. The van der Waals surface area contributed by atoms with Crippen molar-refractivity contribution in [3.8, 4) is 11.6 Å². The first kappa shape index (κ1) is 15.1. The predicted octanol–water partition coefficient (Wildman–Crippen LogP) is 3.33. The zero-order valence-corrected chi connectivity index (χ0v) is 13.1. The average molecular weight is 286 g/mol. The largest absolute Gasteiger partial charge is 0.439 e. The van der Waals surface area contributed by atoms with Crippen molar-refractivity contribution in [2.75, 3.05) is 31.4 Å². The first-order valence-electron chi connectivity index (χ1n) is 7.13. The minimum atomic E-state index is 0.564. The van der Waals surface area contributed by atoms with Crippen molar-refractivity contribution in [2.24, 2.45) is 0 Å². The summed E-state index contributed by atoms with van der Waals surface area (Å²) in [7, 11) is 5.85. The highest BCUT2D eigenvalue weighted by Crippen LogP contribution is 2.25. The van der Waals surface area contributed by atoms with Crippen LogP contribution in [0.3, 0.4) is 0 Å². The number of aryl methyl sites for hydroxylation is 1. The van der Waals surface area contributed by atoms with Gasteiger partial charge < -0.3 is 15.0 Å². The highest BCUT2D eigenvalue weighted by Gasteiger charge is 2.06. The van der Waals surface area contributed by atoms with E-state index in [0.29, 0.717) is 5.88 Å². The molecule has 0 fully saturated rings. The fourth-order valence-electron chi connectivity index (χ4n) is 1.93. The Labute approximate surface area is 126 Å². The molecule has 5 heteroatoms. The predicted molar refractivity (Wildman–Crippen MR) is 86.4 cm³/mol. The molecule has 1 aromatic heterocycles. The van der Waals surface area contributed by atoms with Gasteiger partial charge in [0.05, 0.1) is 0 Å². The Kier molecular flexibility index (Phi) is 4.98. The van der Waals surface area contributed by atoms with E-state index in [1.807, 2.05) is 56.4 Å². The lowest BCUT2D eigenvalue weighted by atomic mass is 10.3. The lowest BCUT2D eigenvalue weighted by Gasteiger charge is -2.14. The summed E-state index contributed by atoms with van der Waals surface area (Å²) in [5.41, 5.74) is 1.09. The average Bonchev–Trinajstić information content (AvgIpc) is 2.47. The van der Waals surface area contributed by atoms with Gasteiger partial charge in [0, 0.05) is 45.4 Å². The molecule has 1 aromatic carbocycles. The van der Waals surface area contributed by atoms with E-state index in [-0.39, 0.29) is 0 Å². The van der Waals surface area contributed by atoms with Crippen molar-refractivity contribution in [2.45, 2.75) is 19.8 Å². The van der Waals surface area contributed by atoms with E-state index in [1.165, 1.54) is 0 Å². The lowest BCUT2D eigenvalue weighted by Crippen LogP contribution is -2.08. The van der Waals surface area contributed by atoms with Crippen LogP contribution < -0.4 is 15.0 Å². The third-order valence-electron chi connectivity index (χ3n) is 3.04. The number of hydrogen-bond donors (Lipinski definition) is 1. The summed E-state index contributed by atoms with van der Waals surface area (Å²) in [6, 6.07) is 9.72. The van der Waals surface area contributed by atoms with Gasteiger partial charge in [-0.2, -0.15) is 4.98 Å². The number of anilines is 2. The third kappa shape index (κ3) is 4.08. The van der Waals surface area contributed by atoms with Crippen molar-refractivity contribution < 1.29 is 4.74 Å². The maximum atomic E-state index is 5.88. The number of aromatic nitrogens is 2. The van der Waals surface area contributed by atoms with E-state index in [2.05, 4.69) is 22.2 Å². The summed E-state index contributed by atoms with van der Waals surface area (Å²) in [4.78, 5) is 10.9. The summed E-state index contributed by atoms with van der Waals surface area (Å²) in [6.45, 7) is 2.11. The Bertz CT molecular complexity index is 599. The van der Waals surface area contributed by atoms with Gasteiger partial charge in [0.25, 0.3) is 0 Å². The molecule has 1 N–H and O–H groups in total. The Morgan fingerprint density at radius 3 is 2.67 bits per heavy atom. The lowest BCUT2D eigenvalue weighted by molar-refractivity contribution is 0.459. The van der Waals surface area contributed by atoms with Gasteiger partial charge in [-0.25, -0.2) is 4.98 Å². The molecule has 2 rings (SSSR count). The van der Waals surface area contributed by atoms with Crippen molar-refractivity contribution in [1.29, 1.82) is 0 Å². The van der Waals surface area contributed by atoms with Gasteiger partial charge in [0.2, 0.25) is 5.88 Å². The molecule has 112 valence electrons. The molecule has 0 spiro atoms. The van der Waals surface area contributed by atoms with E-state index in [4.69, 9.17) is 4.74 Å². The van der Waals surface area contributed by atoms with E-state index in [1.54, 1.807) is 0 Å². The Hall–Kier alpha value is -2.30. The van der Waals surface area contributed by atoms with E-state index in [0.717, 1.165) is 35.9 Å². The van der Waals surface area contributed by atoms with Crippen LogP contribution in [0.5, 0.6) is 11.6 Å². The second-order valence-electron chi connectivity index (χ2n) is 5.00. The SMILES string of the molecule is CCCc1nc(NC)cc(Oc2cccc(N(C)C)c2)n1. The highest BCUT2D eigenvalue weighted by molar-refractivity contribution is 5.50. The van der Waals surface area contributed by atoms with Crippen LogP contribution in [0.2, 0.25) is 0 Å². The normalized spacial score (nSPS) is 10.3. The van der Waals surface area contributed by atoms with E-state index >= 15 is 0 Å². The van der Waals surface area contributed by atoms with Gasteiger partial charge in [-0.15, -0.1) is 0 Å². The maximum Gasteiger partial charge on any atom is 0.224 e. The minimum Gasteiger partial charge on any atom is -0.439 e. The van der Waals surface area contributed by atoms with Crippen LogP contribution in [0.15, 0.2) is 30.3 Å². The molecule has 0 aliphatic rings. The van der Waals surface area contributed by atoms with Crippen LogP contribution in [-0.4, -0.2) is 31.1 Å². The van der Waals surface area contributed by atoms with Gasteiger partial charge in [-0.3, -0.25) is 0 Å². The van der Waals surface area contributed by atoms with Gasteiger partial charge in [0.15, 0.2) is 0 Å². The number of nitrogens with zero attached hydrogens (tertiary/aromatic N) is 3. The second-order valence-corrected chi connectivity index (χ2v) is 5.00. The monoisotopic (exact) mass is 286 g/mol. The van der Waals surface area contributed by atoms with Crippen molar-refractivity contribution in [3.63, 3.8) is 0 Å². The van der Waals surface area contributed by atoms with Gasteiger partial charge in [-0.1, -0.05) is 13.0 Å². The fourth-order valence-corrected chi connectivity index (χ4v) is 1.93. The molecule has 5 nitrogen and oxygen atoms in total. The smallest absolute Gasteiger partial charge is 0.224 e. The molecular formula is C16H22N4O. The topological polar surface area (TPSA) is 50.3 Å². The van der Waals surface area contributed by atoms with Gasteiger partial charge in [0.1, 0.15) is 17.4 Å². The molecule has 0 aliphatic carbocycles. The molecule has 21 heavy (non-hydrogen) atoms. The molecule has 1 heterocycles. The fraction of sp³-hybridized carbons (Fsp3) is 0.375. The Morgan fingerprint density at radius 1 is 1.19 bits per heavy atom. The molecule has 0 radical (unpaired) electrons. The first-order chi connectivity index (χ1) is 10.1. The van der Waals surface area contributed by atoms with Crippen LogP contribution >= 0.6 is 0 Å². The Morgan fingerprint density at radius 2 is 2.00 bits per heavy atom. The third-order valence-corrected chi connectivity index (χ3v) is 3.04. The Balaban J connectivity index is 2.25. The van der Waals surface area contributed by atoms with Gasteiger partial charge in [-0.05, 0) is 18.6 Å². The number of nitrogens with one attached hydrogen (secondary N) is 1. The zero-order chi connectivity index (χ0) is 15.2. The molecule has 0 aliphatic heterocycles. The van der Waals surface area contributed by atoms with Crippen LogP contribution in [0.1, 0.15) is 19.2 Å². The maximum absolute atomic E-state index is 5.88. The number of benzene rings is 1. The van der Waals surface area contributed by atoms with Crippen molar-refractivity contribution in [1.82, 2.24) is 9.97 Å². The molecule has 0 amide bonds. The summed E-state index contributed by atoms with van der Waals surface area (Å²) in [6.07, 6.45) is 1.84. The summed E-state index contributed by atoms with van der Waals surface area (Å²) in [5.74, 6) is 2.90. The quantitative estimate of drug-likeness (QED) is 0.882. The zero-order valence-electron chi connectivity index (χ0n) is 13.1. The molecule has 0 atom stereocenters. The molecule has 0 unspecified atom stereocenters. The van der Waals surface area contributed by atoms with Crippen molar-refractivity contribution in [3.05, 3.63) is 36.2 Å². The second kappa shape index (κ2) is 6.92. The molecule has 0 saturated heterocycles. The van der Waals surface area contributed by atoms with E-state index in [9.17, 15) is 0 Å². The summed E-state index contributed by atoms with van der Waals surface area (Å²) < 4.78 is 5.88. The minimum absolute atomic E-state index is 0.564. The van der Waals surface area contributed by atoms with Crippen LogP contribution in [0.25, 0.3) is 0 Å². The molecule has 2 aromatic rings. The molecular weight excluding hydrogens is 264 g/mol. The highest BCUT2D eigenvalue weighted by atomic mass is 16.5. The molecule has 0 bridgehead atoms. The first-order valence-corrected chi connectivity index (χ1v) is 7.13. The van der Waals surface area contributed by atoms with E-state index < -0.39 is 0 Å². The van der Waals surface area contributed by atoms with Crippen molar-refractivity contribution >= 4 is 11.5 Å².